The lowest BCUT2D eigenvalue weighted by Crippen LogP contribution is -2.28. The van der Waals surface area contributed by atoms with E-state index < -0.39 is 27.9 Å². The summed E-state index contributed by atoms with van der Waals surface area (Å²) in [6, 6.07) is 1.89. The minimum absolute atomic E-state index is 0.0105. The van der Waals surface area contributed by atoms with Crippen LogP contribution in [-0.4, -0.2) is 80.9 Å². The van der Waals surface area contributed by atoms with Gasteiger partial charge in [-0.1, -0.05) is 55.2 Å². The molecule has 2 aromatic rings. The van der Waals surface area contributed by atoms with E-state index in [1.807, 2.05) is 6.92 Å². The van der Waals surface area contributed by atoms with Crippen LogP contribution in [0.1, 0.15) is 61.0 Å². The zero-order valence-corrected chi connectivity index (χ0v) is 35.0. The highest BCUT2D eigenvalue weighted by Crippen LogP contribution is 2.43. The van der Waals surface area contributed by atoms with E-state index in [1.165, 1.54) is 18.9 Å². The maximum atomic E-state index is 12.3. The Kier molecular flexibility index (Phi) is 14.3. The summed E-state index contributed by atoms with van der Waals surface area (Å²) in [4.78, 5) is 59.9. The molecule has 15 heteroatoms. The number of anilines is 1. The van der Waals surface area contributed by atoms with E-state index in [4.69, 9.17) is 31.5 Å². The van der Waals surface area contributed by atoms with Crippen LogP contribution in [0, 0.1) is 13.8 Å². The molecule has 0 atom stereocenters. The van der Waals surface area contributed by atoms with Crippen LogP contribution in [0.5, 0.6) is 11.5 Å². The number of fused-ring (bicyclic) bond motifs is 2. The van der Waals surface area contributed by atoms with Crippen molar-refractivity contribution in [2.24, 2.45) is 0 Å². The number of cyclic esters (lactones) is 2. The topological polar surface area (TPSA) is 135 Å². The molecule has 0 unspecified atom stereocenters. The first kappa shape index (κ1) is 42.0. The Morgan fingerprint density at radius 3 is 1.75 bits per heavy atom. The molecule has 2 aliphatic heterocycles. The number of aldehydes is 1. The zero-order chi connectivity index (χ0) is 38.4. The molecule has 0 bridgehead atoms. The molecule has 0 aromatic heterocycles. The maximum absolute atomic E-state index is 12.3. The Bertz CT molecular complexity index is 1700. The van der Waals surface area contributed by atoms with Crippen molar-refractivity contribution >= 4 is 75.6 Å². The smallest absolute Gasteiger partial charge is 0.342 e. The minimum Gasteiger partial charge on any atom is -0.493 e. The third kappa shape index (κ3) is 10.6. The highest BCUT2D eigenvalue weighted by molar-refractivity contribution is 9.10. The van der Waals surface area contributed by atoms with Crippen LogP contribution in [0.4, 0.5) is 10.5 Å². The molecule has 0 aliphatic carbocycles. The third-order valence-electron chi connectivity index (χ3n) is 8.66. The van der Waals surface area contributed by atoms with Crippen molar-refractivity contribution in [1.82, 2.24) is 0 Å². The van der Waals surface area contributed by atoms with Gasteiger partial charge in [0, 0.05) is 69.7 Å². The molecule has 0 N–H and O–H groups in total. The van der Waals surface area contributed by atoms with Gasteiger partial charge in [0.15, 0.2) is 5.81 Å². The SMILES string of the molecule is CC(=O)OCCc1c(Br)c(C)c2c(c1OCC[Si](C)(C)C)C(=O)OC2.[B]C(=O)N(C)c1c(C)c2c(c(OCC[Si](C)(C)C)c1CC=O)C(=O)OC2. The summed E-state index contributed by atoms with van der Waals surface area (Å²) in [5.74, 6) is -0.885. The van der Waals surface area contributed by atoms with E-state index in [-0.39, 0.29) is 38.2 Å². The van der Waals surface area contributed by atoms with Gasteiger partial charge < -0.3 is 33.4 Å². The van der Waals surface area contributed by atoms with Gasteiger partial charge in [-0.2, -0.15) is 0 Å². The van der Waals surface area contributed by atoms with Crippen molar-refractivity contribution < 1.29 is 47.7 Å². The molecule has 2 aromatic carbocycles. The van der Waals surface area contributed by atoms with Crippen LogP contribution in [0.15, 0.2) is 4.47 Å². The maximum Gasteiger partial charge on any atom is 0.342 e. The van der Waals surface area contributed by atoms with Gasteiger partial charge in [0.2, 0.25) is 7.85 Å². The summed E-state index contributed by atoms with van der Waals surface area (Å²) >= 11 is 3.62. The Morgan fingerprint density at radius 1 is 0.843 bits per heavy atom. The van der Waals surface area contributed by atoms with Gasteiger partial charge in [0.05, 0.1) is 25.5 Å². The molecule has 2 heterocycles. The van der Waals surface area contributed by atoms with Crippen LogP contribution < -0.4 is 14.4 Å². The highest BCUT2D eigenvalue weighted by atomic mass is 79.9. The summed E-state index contributed by atoms with van der Waals surface area (Å²) in [5.41, 5.74) is 5.94. The fraction of sp³-hybridized carbons (Fsp3) is 0.528. The molecule has 11 nitrogen and oxygen atoms in total. The van der Waals surface area contributed by atoms with Gasteiger partial charge in [-0.05, 0) is 37.1 Å². The molecular weight excluding hydrogens is 753 g/mol. The summed E-state index contributed by atoms with van der Waals surface area (Å²) in [6.45, 7) is 20.3. The summed E-state index contributed by atoms with van der Waals surface area (Å²) in [6.07, 6.45) is 1.21. The van der Waals surface area contributed by atoms with Gasteiger partial charge in [0.25, 0.3) is 0 Å². The van der Waals surface area contributed by atoms with E-state index >= 15 is 0 Å². The molecule has 0 saturated carbocycles. The summed E-state index contributed by atoms with van der Waals surface area (Å²) in [7, 11) is 4.38. The molecule has 2 aliphatic rings. The van der Waals surface area contributed by atoms with Crippen LogP contribution in [0.3, 0.4) is 0 Å². The Labute approximate surface area is 312 Å². The van der Waals surface area contributed by atoms with Gasteiger partial charge in [-0.15, -0.1) is 0 Å². The lowest BCUT2D eigenvalue weighted by molar-refractivity contribution is -0.140. The quantitative estimate of drug-likeness (QED) is 0.0843. The Balaban J connectivity index is 0.000000276. The van der Waals surface area contributed by atoms with Gasteiger partial charge >= 0.3 is 17.9 Å². The number of ether oxygens (including phenoxy) is 5. The fourth-order valence-corrected chi connectivity index (χ4v) is 7.74. The Morgan fingerprint density at radius 2 is 1.31 bits per heavy atom. The number of nitrogens with zero attached hydrogens (tertiary/aromatic N) is 1. The van der Waals surface area contributed by atoms with Crippen molar-refractivity contribution in [2.75, 3.05) is 31.8 Å². The van der Waals surface area contributed by atoms with Crippen LogP contribution in [-0.2, 0) is 49.9 Å². The predicted octanol–water partition coefficient (Wildman–Crippen LogP) is 7.10. The number of carbonyl (C=O) groups excluding carboxylic acids is 5. The van der Waals surface area contributed by atoms with Crippen molar-refractivity contribution in [3.63, 3.8) is 0 Å². The average Bonchev–Trinajstić information content (AvgIpc) is 3.60. The predicted molar refractivity (Wildman–Crippen MR) is 205 cm³/mol. The van der Waals surface area contributed by atoms with Gasteiger partial charge in [-0.25, -0.2) is 9.59 Å². The van der Waals surface area contributed by atoms with E-state index in [0.29, 0.717) is 64.6 Å². The molecule has 4 rings (SSSR count). The molecule has 2 radical (unpaired) electrons. The van der Waals surface area contributed by atoms with E-state index in [2.05, 4.69) is 55.2 Å². The van der Waals surface area contributed by atoms with Crippen LogP contribution >= 0.6 is 15.9 Å². The molecular formula is C36H49BBrNO10Si2. The molecule has 0 fully saturated rings. The first-order valence-electron chi connectivity index (χ1n) is 16.9. The minimum atomic E-state index is -1.35. The monoisotopic (exact) mass is 801 g/mol. The third-order valence-corrected chi connectivity index (χ3v) is 13.1. The molecule has 0 spiro atoms. The van der Waals surface area contributed by atoms with Crippen molar-refractivity contribution in [2.45, 2.75) is 98.2 Å². The average molecular weight is 803 g/mol. The van der Waals surface area contributed by atoms with Crippen LogP contribution in [0.2, 0.25) is 51.4 Å². The number of rotatable bonds is 14. The fourth-order valence-electron chi connectivity index (χ4n) is 5.69. The van der Waals surface area contributed by atoms with E-state index in [1.54, 1.807) is 6.92 Å². The van der Waals surface area contributed by atoms with Crippen molar-refractivity contribution in [3.05, 3.63) is 49.0 Å². The number of amides is 1. The summed E-state index contributed by atoms with van der Waals surface area (Å²) in [5, 5.41) is 0. The molecule has 1 amide bonds. The molecule has 276 valence electrons. The lowest BCUT2D eigenvalue weighted by atomic mass is 9.93. The lowest BCUT2D eigenvalue weighted by Gasteiger charge is -2.26. The first-order chi connectivity index (χ1) is 23.7. The van der Waals surface area contributed by atoms with Crippen molar-refractivity contribution in [1.29, 1.82) is 0 Å². The second-order valence-electron chi connectivity index (χ2n) is 15.1. The van der Waals surface area contributed by atoms with Gasteiger partial charge in [-0.3, -0.25) is 9.59 Å². The number of halogens is 1. The van der Waals surface area contributed by atoms with E-state index in [0.717, 1.165) is 39.5 Å². The molecule has 0 saturated heterocycles. The second kappa shape index (κ2) is 17.4. The number of hydrogen-bond acceptors (Lipinski definition) is 10. The van der Waals surface area contributed by atoms with E-state index in [9.17, 15) is 24.0 Å². The molecule has 51 heavy (non-hydrogen) atoms. The van der Waals surface area contributed by atoms with Crippen LogP contribution in [0.25, 0.3) is 0 Å². The normalized spacial score (nSPS) is 13.3. The number of benzene rings is 2. The standard InChI is InChI=1S/C18H24BNO5Si.C18H25BrO5Si/c1-11-13-10-25-17(22)14(13)16(24-8-9-26(3,4)5)12(6-7-21)15(11)20(2)18(19)23;1-11-14-10-24-18(21)15(14)17(23-8-9-25(3,4)5)13(16(11)19)6-7-22-12(2)20/h7H,6,8-10H2,1-5H3;6-10H2,1-5H3. The largest absolute Gasteiger partial charge is 0.493 e. The highest BCUT2D eigenvalue weighted by Gasteiger charge is 2.35. The Hall–Kier alpha value is -3.43. The zero-order valence-electron chi connectivity index (χ0n) is 31.4. The summed E-state index contributed by atoms with van der Waals surface area (Å²) < 4.78 is 28.5. The van der Waals surface area contributed by atoms with Crippen molar-refractivity contribution in [3.8, 4) is 11.5 Å². The number of esters is 3. The second-order valence-corrected chi connectivity index (χ2v) is 27.1. The van der Waals surface area contributed by atoms with Gasteiger partial charge in [0.1, 0.15) is 42.1 Å². The number of hydrogen-bond donors (Lipinski definition) is 0. The first-order valence-corrected chi connectivity index (χ1v) is 25.1. The number of carbonyl (C=O) groups is 5.